The van der Waals surface area contributed by atoms with E-state index in [1.54, 1.807) is 0 Å². The Balaban J connectivity index is 2.52. The van der Waals surface area contributed by atoms with E-state index in [9.17, 15) is 9.59 Å². The Morgan fingerprint density at radius 3 is 2.45 bits per heavy atom. The molecule has 0 unspecified atom stereocenters. The molecule has 0 radical (unpaired) electrons. The van der Waals surface area contributed by atoms with E-state index < -0.39 is 5.97 Å². The third-order valence-electron chi connectivity index (χ3n) is 2.63. The van der Waals surface area contributed by atoms with Crippen molar-refractivity contribution in [3.8, 4) is 11.1 Å². The molecule has 6 heteroatoms. The highest BCUT2D eigenvalue weighted by Gasteiger charge is 2.21. The molecule has 1 amide bonds. The van der Waals surface area contributed by atoms with E-state index in [1.807, 2.05) is 29.6 Å². The number of benzene rings is 1. The molecule has 0 aliphatic heterocycles. The molecule has 0 bridgehead atoms. The molecule has 104 valence electrons. The third-order valence-corrected chi connectivity index (χ3v) is 4.05. The summed E-state index contributed by atoms with van der Waals surface area (Å²) in [6.07, 6.45) is 0. The first-order chi connectivity index (χ1) is 9.52. The zero-order valence-corrected chi connectivity index (χ0v) is 13.3. The first kappa shape index (κ1) is 14.7. The van der Waals surface area contributed by atoms with Gasteiger partial charge in [-0.1, -0.05) is 28.1 Å². The van der Waals surface area contributed by atoms with Gasteiger partial charge in [0.2, 0.25) is 5.91 Å². The van der Waals surface area contributed by atoms with Gasteiger partial charge in [-0.3, -0.25) is 4.79 Å². The van der Waals surface area contributed by atoms with Gasteiger partial charge in [0.1, 0.15) is 10.6 Å². The maximum atomic E-state index is 12.0. The second kappa shape index (κ2) is 6.19. The normalized spacial score (nSPS) is 10.2. The lowest BCUT2D eigenvalue weighted by Crippen LogP contribution is -2.10. The van der Waals surface area contributed by atoms with Crippen molar-refractivity contribution in [3.05, 3.63) is 39.7 Å². The van der Waals surface area contributed by atoms with Crippen LogP contribution in [0.25, 0.3) is 11.1 Å². The van der Waals surface area contributed by atoms with Crippen molar-refractivity contribution in [1.29, 1.82) is 0 Å². The maximum absolute atomic E-state index is 12.0. The molecule has 0 fully saturated rings. The lowest BCUT2D eigenvalue weighted by Gasteiger charge is -2.06. The van der Waals surface area contributed by atoms with Crippen molar-refractivity contribution in [3.63, 3.8) is 0 Å². The molecular weight excluding hydrogens is 342 g/mol. The highest BCUT2D eigenvalue weighted by atomic mass is 79.9. The number of carbonyl (C=O) groups excluding carboxylic acids is 2. The van der Waals surface area contributed by atoms with Crippen LogP contribution < -0.4 is 5.32 Å². The minimum Gasteiger partial charge on any atom is -0.465 e. The predicted molar refractivity (Wildman–Crippen MR) is 83.1 cm³/mol. The topological polar surface area (TPSA) is 55.4 Å². The molecule has 0 aliphatic carbocycles. The Labute approximate surface area is 128 Å². The highest BCUT2D eigenvalue weighted by molar-refractivity contribution is 9.10. The van der Waals surface area contributed by atoms with Gasteiger partial charge in [-0.25, -0.2) is 4.79 Å². The summed E-state index contributed by atoms with van der Waals surface area (Å²) in [7, 11) is 1.32. The van der Waals surface area contributed by atoms with Crippen LogP contribution in [0.1, 0.15) is 17.3 Å². The van der Waals surface area contributed by atoms with Crippen LogP contribution in [-0.4, -0.2) is 19.0 Å². The number of nitrogens with one attached hydrogen (secondary N) is 1. The minimum atomic E-state index is -0.465. The Bertz CT molecular complexity index is 649. The second-order valence-electron chi connectivity index (χ2n) is 4.03. The zero-order valence-electron chi connectivity index (χ0n) is 10.9. The largest absolute Gasteiger partial charge is 0.465 e. The molecule has 1 N–H and O–H groups in total. The zero-order chi connectivity index (χ0) is 14.7. The van der Waals surface area contributed by atoms with Crippen LogP contribution in [0.4, 0.5) is 5.00 Å². The Morgan fingerprint density at radius 1 is 1.25 bits per heavy atom. The van der Waals surface area contributed by atoms with E-state index in [-0.39, 0.29) is 5.91 Å². The van der Waals surface area contributed by atoms with Crippen molar-refractivity contribution in [1.82, 2.24) is 0 Å². The quantitative estimate of drug-likeness (QED) is 0.850. The van der Waals surface area contributed by atoms with Crippen LogP contribution in [-0.2, 0) is 9.53 Å². The van der Waals surface area contributed by atoms with Gasteiger partial charge in [-0.05, 0) is 17.7 Å². The number of ether oxygens (including phenoxy) is 1. The van der Waals surface area contributed by atoms with E-state index in [0.29, 0.717) is 10.6 Å². The number of halogens is 1. The average Bonchev–Trinajstić information content (AvgIpc) is 2.81. The molecule has 1 aromatic carbocycles. The fourth-order valence-corrected chi connectivity index (χ4v) is 3.02. The Morgan fingerprint density at radius 2 is 1.90 bits per heavy atom. The number of rotatable bonds is 3. The second-order valence-corrected chi connectivity index (χ2v) is 5.83. The Hall–Kier alpha value is -1.66. The lowest BCUT2D eigenvalue weighted by molar-refractivity contribution is -0.114. The molecule has 1 aromatic heterocycles. The van der Waals surface area contributed by atoms with E-state index in [1.165, 1.54) is 25.4 Å². The summed E-state index contributed by atoms with van der Waals surface area (Å²) in [4.78, 5) is 23.2. The maximum Gasteiger partial charge on any atom is 0.341 e. The molecule has 0 atom stereocenters. The van der Waals surface area contributed by atoms with E-state index in [2.05, 4.69) is 21.2 Å². The SMILES string of the molecule is COC(=O)c1c(-c2ccc(Br)cc2)csc1NC(C)=O. The highest BCUT2D eigenvalue weighted by Crippen LogP contribution is 2.36. The molecule has 20 heavy (non-hydrogen) atoms. The molecule has 0 spiro atoms. The van der Waals surface area contributed by atoms with Crippen molar-refractivity contribution >= 4 is 44.1 Å². The molecular formula is C14H12BrNO3S. The fraction of sp³-hybridized carbons (Fsp3) is 0.143. The summed E-state index contributed by atoms with van der Waals surface area (Å²) in [5.74, 6) is -0.688. The van der Waals surface area contributed by atoms with Gasteiger partial charge in [0, 0.05) is 22.3 Å². The number of anilines is 1. The van der Waals surface area contributed by atoms with Crippen molar-refractivity contribution < 1.29 is 14.3 Å². The van der Waals surface area contributed by atoms with Crippen LogP contribution in [0, 0.1) is 0 Å². The average molecular weight is 354 g/mol. The monoisotopic (exact) mass is 353 g/mol. The molecule has 0 saturated heterocycles. The summed E-state index contributed by atoms with van der Waals surface area (Å²) in [6.45, 7) is 1.40. The molecule has 0 aliphatic rings. The number of esters is 1. The number of amides is 1. The Kier molecular flexibility index (Phi) is 4.57. The fourth-order valence-electron chi connectivity index (χ4n) is 1.76. The van der Waals surface area contributed by atoms with Crippen LogP contribution in [0.15, 0.2) is 34.1 Å². The van der Waals surface area contributed by atoms with Crippen LogP contribution in [0.2, 0.25) is 0 Å². The molecule has 4 nitrogen and oxygen atoms in total. The van der Waals surface area contributed by atoms with Gasteiger partial charge in [0.15, 0.2) is 0 Å². The molecule has 0 saturated carbocycles. The van der Waals surface area contributed by atoms with Crippen LogP contribution in [0.5, 0.6) is 0 Å². The minimum absolute atomic E-state index is 0.223. The summed E-state index contributed by atoms with van der Waals surface area (Å²) in [5, 5.41) is 5.00. The first-order valence-corrected chi connectivity index (χ1v) is 7.43. The lowest BCUT2D eigenvalue weighted by atomic mass is 10.0. The summed E-state index contributed by atoms with van der Waals surface area (Å²) in [5.41, 5.74) is 2.02. The van der Waals surface area contributed by atoms with E-state index >= 15 is 0 Å². The van der Waals surface area contributed by atoms with E-state index in [4.69, 9.17) is 4.74 Å². The van der Waals surface area contributed by atoms with Gasteiger partial charge in [0.05, 0.1) is 7.11 Å². The summed E-state index contributed by atoms with van der Waals surface area (Å²) in [6, 6.07) is 7.59. The van der Waals surface area contributed by atoms with Gasteiger partial charge in [-0.15, -0.1) is 11.3 Å². The van der Waals surface area contributed by atoms with Crippen molar-refractivity contribution in [2.24, 2.45) is 0 Å². The van der Waals surface area contributed by atoms with Crippen LogP contribution >= 0.6 is 27.3 Å². The predicted octanol–water partition coefficient (Wildman–Crippen LogP) is 3.92. The van der Waals surface area contributed by atoms with Crippen molar-refractivity contribution in [2.75, 3.05) is 12.4 Å². The summed E-state index contributed by atoms with van der Waals surface area (Å²) < 4.78 is 5.77. The van der Waals surface area contributed by atoms with E-state index in [0.717, 1.165) is 15.6 Å². The van der Waals surface area contributed by atoms with Crippen molar-refractivity contribution in [2.45, 2.75) is 6.92 Å². The standard InChI is InChI=1S/C14H12BrNO3S/c1-8(17)16-13-12(14(18)19-2)11(7-20-13)9-3-5-10(15)6-4-9/h3-7H,1-2H3,(H,16,17). The van der Waals surface area contributed by atoms with Gasteiger partial charge in [0.25, 0.3) is 0 Å². The smallest absolute Gasteiger partial charge is 0.341 e. The number of hydrogen-bond donors (Lipinski definition) is 1. The van der Waals surface area contributed by atoms with Crippen LogP contribution in [0.3, 0.4) is 0 Å². The molecule has 1 heterocycles. The third kappa shape index (κ3) is 3.08. The number of hydrogen-bond acceptors (Lipinski definition) is 4. The number of carbonyl (C=O) groups is 2. The van der Waals surface area contributed by atoms with Gasteiger partial charge >= 0.3 is 5.97 Å². The number of thiophene rings is 1. The number of methoxy groups -OCH3 is 1. The molecule has 2 aromatic rings. The molecule has 2 rings (SSSR count). The summed E-state index contributed by atoms with van der Waals surface area (Å²) >= 11 is 4.67. The van der Waals surface area contributed by atoms with Gasteiger partial charge in [-0.2, -0.15) is 0 Å². The van der Waals surface area contributed by atoms with Gasteiger partial charge < -0.3 is 10.1 Å². The first-order valence-electron chi connectivity index (χ1n) is 5.76.